The van der Waals surface area contributed by atoms with E-state index >= 15 is 0 Å². The Hall–Kier alpha value is -0.730. The van der Waals surface area contributed by atoms with Crippen LogP contribution in [0, 0.1) is 0 Å². The van der Waals surface area contributed by atoms with Gasteiger partial charge in [-0.15, -0.1) is 0 Å². The van der Waals surface area contributed by atoms with E-state index in [2.05, 4.69) is 5.32 Å². The predicted molar refractivity (Wildman–Crippen MR) is 92.0 cm³/mol. The highest BCUT2D eigenvalue weighted by Crippen LogP contribution is 2.34. The second-order valence-corrected chi connectivity index (χ2v) is 8.31. The molecule has 1 aliphatic heterocycles. The summed E-state index contributed by atoms with van der Waals surface area (Å²) in [5.41, 5.74) is 0.500. The van der Waals surface area contributed by atoms with Gasteiger partial charge in [0.1, 0.15) is 5.75 Å². The van der Waals surface area contributed by atoms with E-state index in [4.69, 9.17) is 27.9 Å². The third-order valence-electron chi connectivity index (χ3n) is 3.79. The van der Waals surface area contributed by atoms with Crippen molar-refractivity contribution in [3.05, 3.63) is 22.2 Å². The van der Waals surface area contributed by atoms with Crippen molar-refractivity contribution < 1.29 is 18.3 Å². The zero-order valence-electron chi connectivity index (χ0n) is 12.8. The van der Waals surface area contributed by atoms with Crippen molar-refractivity contribution in [3.8, 4) is 5.75 Å². The molecule has 23 heavy (non-hydrogen) atoms. The zero-order valence-corrected chi connectivity index (χ0v) is 15.1. The summed E-state index contributed by atoms with van der Waals surface area (Å²) in [7, 11) is -1.79. The van der Waals surface area contributed by atoms with E-state index in [1.54, 1.807) is 6.07 Å². The lowest BCUT2D eigenvalue weighted by Gasteiger charge is -2.32. The van der Waals surface area contributed by atoms with E-state index in [-0.39, 0.29) is 29.2 Å². The molecule has 0 radical (unpaired) electrons. The van der Waals surface area contributed by atoms with Crippen LogP contribution in [0.5, 0.6) is 5.75 Å². The van der Waals surface area contributed by atoms with Crippen molar-refractivity contribution in [1.82, 2.24) is 4.31 Å². The van der Waals surface area contributed by atoms with E-state index < -0.39 is 10.0 Å². The van der Waals surface area contributed by atoms with E-state index in [1.165, 1.54) is 17.5 Å². The van der Waals surface area contributed by atoms with Crippen LogP contribution in [0.2, 0.25) is 10.0 Å². The summed E-state index contributed by atoms with van der Waals surface area (Å²) < 4.78 is 30.5. The van der Waals surface area contributed by atoms with Crippen LogP contribution in [0.4, 0.5) is 5.69 Å². The minimum absolute atomic E-state index is 0.00479. The van der Waals surface area contributed by atoms with Gasteiger partial charge in [0.05, 0.1) is 28.1 Å². The Kier molecular flexibility index (Phi) is 6.39. The number of nitrogens with zero attached hydrogens (tertiary/aromatic N) is 1. The fourth-order valence-electron chi connectivity index (χ4n) is 2.47. The van der Waals surface area contributed by atoms with E-state index in [1.807, 2.05) is 0 Å². The summed E-state index contributed by atoms with van der Waals surface area (Å²) in [6.07, 6.45) is 1.29. The number of aromatic hydroxyl groups is 1. The van der Waals surface area contributed by atoms with E-state index in [9.17, 15) is 13.5 Å². The number of piperidine rings is 1. The van der Waals surface area contributed by atoms with Crippen molar-refractivity contribution in [2.45, 2.75) is 18.9 Å². The normalized spacial score (nSPS) is 17.3. The Labute approximate surface area is 146 Å². The number of ether oxygens (including phenoxy) is 1. The quantitative estimate of drug-likeness (QED) is 0.739. The summed E-state index contributed by atoms with van der Waals surface area (Å²) >= 11 is 11.8. The van der Waals surface area contributed by atoms with Crippen molar-refractivity contribution in [1.29, 1.82) is 0 Å². The highest BCUT2D eigenvalue weighted by molar-refractivity contribution is 7.89. The number of benzene rings is 1. The molecule has 0 aliphatic carbocycles. The van der Waals surface area contributed by atoms with Gasteiger partial charge in [-0.25, -0.2) is 12.7 Å². The minimum atomic E-state index is -3.27. The average Bonchev–Trinajstić information content (AvgIpc) is 2.51. The molecule has 1 heterocycles. The molecule has 0 aromatic heterocycles. The number of phenolic OH excluding ortho intramolecular Hbond substituents is 1. The molecule has 1 aromatic carbocycles. The molecule has 0 amide bonds. The average molecular weight is 383 g/mol. The number of sulfonamides is 1. The van der Waals surface area contributed by atoms with E-state index in [0.717, 1.165) is 0 Å². The van der Waals surface area contributed by atoms with Gasteiger partial charge in [-0.1, -0.05) is 23.2 Å². The predicted octanol–water partition coefficient (Wildman–Crippen LogP) is 2.55. The molecule has 0 bridgehead atoms. The second kappa shape index (κ2) is 7.90. The standard InChI is InChI=1S/C14H20Cl2N2O4S/c1-22-6-7-23(20,21)18-4-2-10(3-5-18)17-13-8-11(15)12(16)9-14(13)19/h8-10,17,19H,2-7H2,1H3. The van der Waals surface area contributed by atoms with Crippen LogP contribution < -0.4 is 5.32 Å². The second-order valence-electron chi connectivity index (χ2n) is 5.41. The molecule has 0 atom stereocenters. The van der Waals surface area contributed by atoms with Crippen LogP contribution in [0.3, 0.4) is 0 Å². The molecule has 1 aromatic rings. The van der Waals surface area contributed by atoms with Gasteiger partial charge in [0, 0.05) is 32.3 Å². The summed E-state index contributed by atoms with van der Waals surface area (Å²) in [5, 5.41) is 13.7. The van der Waals surface area contributed by atoms with Crippen LogP contribution >= 0.6 is 23.2 Å². The third kappa shape index (κ3) is 4.87. The fraction of sp³-hybridized carbons (Fsp3) is 0.571. The number of anilines is 1. The summed E-state index contributed by atoms with van der Waals surface area (Å²) in [6, 6.07) is 3.02. The fourth-order valence-corrected chi connectivity index (χ4v) is 4.19. The number of phenols is 1. The van der Waals surface area contributed by atoms with Gasteiger partial charge in [-0.05, 0) is 18.9 Å². The lowest BCUT2D eigenvalue weighted by Crippen LogP contribution is -2.43. The van der Waals surface area contributed by atoms with Gasteiger partial charge in [0.15, 0.2) is 0 Å². The van der Waals surface area contributed by atoms with Gasteiger partial charge in [0.2, 0.25) is 10.0 Å². The maximum absolute atomic E-state index is 12.1. The molecular weight excluding hydrogens is 363 g/mol. The molecule has 2 rings (SSSR count). The molecular formula is C14H20Cl2N2O4S. The minimum Gasteiger partial charge on any atom is -0.506 e. The van der Waals surface area contributed by atoms with Gasteiger partial charge in [-0.3, -0.25) is 0 Å². The monoisotopic (exact) mass is 382 g/mol. The van der Waals surface area contributed by atoms with Crippen LogP contribution in [-0.2, 0) is 14.8 Å². The molecule has 9 heteroatoms. The molecule has 1 fully saturated rings. The van der Waals surface area contributed by atoms with Crippen LogP contribution in [-0.4, -0.2) is 56.4 Å². The Morgan fingerprint density at radius 1 is 1.30 bits per heavy atom. The molecule has 2 N–H and O–H groups in total. The Bertz CT molecular complexity index is 646. The summed E-state index contributed by atoms with van der Waals surface area (Å²) in [6.45, 7) is 1.06. The number of nitrogens with one attached hydrogen (secondary N) is 1. The van der Waals surface area contributed by atoms with Gasteiger partial charge >= 0.3 is 0 Å². The molecule has 1 aliphatic rings. The highest BCUT2D eigenvalue weighted by Gasteiger charge is 2.28. The Balaban J connectivity index is 1.94. The molecule has 0 saturated carbocycles. The highest BCUT2D eigenvalue weighted by atomic mass is 35.5. The third-order valence-corrected chi connectivity index (χ3v) is 6.35. The van der Waals surface area contributed by atoms with Gasteiger partial charge < -0.3 is 15.2 Å². The van der Waals surface area contributed by atoms with Gasteiger partial charge in [-0.2, -0.15) is 0 Å². The van der Waals surface area contributed by atoms with Crippen molar-refractivity contribution in [2.75, 3.05) is 37.9 Å². The zero-order chi connectivity index (χ0) is 17.0. The lowest BCUT2D eigenvalue weighted by molar-refractivity contribution is 0.214. The molecule has 0 unspecified atom stereocenters. The molecule has 0 spiro atoms. The molecule has 1 saturated heterocycles. The van der Waals surface area contributed by atoms with Crippen LogP contribution in [0.25, 0.3) is 0 Å². The first-order chi connectivity index (χ1) is 10.8. The Morgan fingerprint density at radius 3 is 2.52 bits per heavy atom. The van der Waals surface area contributed by atoms with Crippen molar-refractivity contribution >= 4 is 38.9 Å². The smallest absolute Gasteiger partial charge is 0.216 e. The van der Waals surface area contributed by atoms with E-state index in [0.29, 0.717) is 36.6 Å². The number of methoxy groups -OCH3 is 1. The first-order valence-electron chi connectivity index (χ1n) is 7.25. The first-order valence-corrected chi connectivity index (χ1v) is 9.61. The van der Waals surface area contributed by atoms with Gasteiger partial charge in [0.25, 0.3) is 0 Å². The van der Waals surface area contributed by atoms with Crippen LogP contribution in [0.1, 0.15) is 12.8 Å². The largest absolute Gasteiger partial charge is 0.506 e. The number of rotatable bonds is 6. The van der Waals surface area contributed by atoms with Crippen molar-refractivity contribution in [3.63, 3.8) is 0 Å². The summed E-state index contributed by atoms with van der Waals surface area (Å²) in [4.78, 5) is 0. The topological polar surface area (TPSA) is 78.9 Å². The number of hydrogen-bond donors (Lipinski definition) is 2. The lowest BCUT2D eigenvalue weighted by atomic mass is 10.1. The first kappa shape index (κ1) is 18.6. The van der Waals surface area contributed by atoms with Crippen molar-refractivity contribution in [2.24, 2.45) is 0 Å². The number of halogens is 2. The van der Waals surface area contributed by atoms with Crippen LogP contribution in [0.15, 0.2) is 12.1 Å². The maximum atomic E-state index is 12.1. The molecule has 130 valence electrons. The molecule has 6 nitrogen and oxygen atoms in total. The summed E-state index contributed by atoms with van der Waals surface area (Å²) in [5.74, 6) is 0.0179. The maximum Gasteiger partial charge on any atom is 0.216 e. The Morgan fingerprint density at radius 2 is 1.91 bits per heavy atom. The number of hydrogen-bond acceptors (Lipinski definition) is 5. The SMILES string of the molecule is COCCS(=O)(=O)N1CCC(Nc2cc(Cl)c(Cl)cc2O)CC1.